The third kappa shape index (κ3) is 2.24. The van der Waals surface area contributed by atoms with E-state index < -0.39 is 11.6 Å². The Hall–Kier alpha value is -1.36. The second-order valence-corrected chi connectivity index (χ2v) is 4.10. The number of rotatable bonds is 1. The molecule has 0 spiro atoms. The molecule has 0 fully saturated rings. The Bertz CT molecular complexity index is 523. The maximum Gasteiger partial charge on any atom is 0.160 e. The van der Waals surface area contributed by atoms with Crippen molar-refractivity contribution >= 4 is 15.9 Å². The molecule has 1 aromatic carbocycles. The van der Waals surface area contributed by atoms with Crippen molar-refractivity contribution in [2.24, 2.45) is 0 Å². The van der Waals surface area contributed by atoms with Crippen molar-refractivity contribution in [3.05, 3.63) is 46.2 Å². The highest BCUT2D eigenvalue weighted by molar-refractivity contribution is 9.10. The van der Waals surface area contributed by atoms with E-state index in [4.69, 9.17) is 0 Å². The van der Waals surface area contributed by atoms with Gasteiger partial charge >= 0.3 is 0 Å². The minimum atomic E-state index is -0.904. The number of halogens is 3. The Labute approximate surface area is 99.5 Å². The molecular formula is C11H7BrF2N2. The molecule has 0 bridgehead atoms. The van der Waals surface area contributed by atoms with Crippen molar-refractivity contribution in [2.75, 3.05) is 0 Å². The molecule has 0 aliphatic heterocycles. The van der Waals surface area contributed by atoms with Crippen LogP contribution in [-0.2, 0) is 0 Å². The zero-order valence-electron chi connectivity index (χ0n) is 8.34. The van der Waals surface area contributed by atoms with Gasteiger partial charge in [0.1, 0.15) is 4.60 Å². The van der Waals surface area contributed by atoms with E-state index in [1.54, 1.807) is 13.0 Å². The minimum absolute atomic E-state index is 0.366. The van der Waals surface area contributed by atoms with Gasteiger partial charge in [-0.15, -0.1) is 0 Å². The molecular weight excluding hydrogens is 278 g/mol. The van der Waals surface area contributed by atoms with Gasteiger partial charge in [0.25, 0.3) is 0 Å². The van der Waals surface area contributed by atoms with Crippen LogP contribution in [-0.4, -0.2) is 9.97 Å². The summed E-state index contributed by atoms with van der Waals surface area (Å²) in [4.78, 5) is 8.24. The molecule has 2 nitrogen and oxygen atoms in total. The fraction of sp³-hybridized carbons (Fsp3) is 0.0909. The summed E-state index contributed by atoms with van der Waals surface area (Å²) in [6.45, 7) is 1.80. The second-order valence-electron chi connectivity index (χ2n) is 3.28. The van der Waals surface area contributed by atoms with Crippen LogP contribution in [0.2, 0.25) is 0 Å². The molecule has 2 rings (SSSR count). The number of benzene rings is 1. The summed E-state index contributed by atoms with van der Waals surface area (Å²) in [5, 5.41) is 0. The van der Waals surface area contributed by atoms with Crippen molar-refractivity contribution in [1.82, 2.24) is 9.97 Å². The van der Waals surface area contributed by atoms with Gasteiger partial charge in [-0.2, -0.15) is 0 Å². The van der Waals surface area contributed by atoms with E-state index in [9.17, 15) is 8.78 Å². The highest BCUT2D eigenvalue weighted by atomic mass is 79.9. The lowest BCUT2D eigenvalue weighted by molar-refractivity contribution is 0.509. The Morgan fingerprint density at radius 1 is 1.06 bits per heavy atom. The molecule has 5 heteroatoms. The van der Waals surface area contributed by atoms with Crippen molar-refractivity contribution in [3.63, 3.8) is 0 Å². The van der Waals surface area contributed by atoms with Gasteiger partial charge < -0.3 is 0 Å². The molecule has 2 aromatic rings. The van der Waals surface area contributed by atoms with Gasteiger partial charge in [0, 0.05) is 11.3 Å². The van der Waals surface area contributed by atoms with Crippen molar-refractivity contribution < 1.29 is 8.78 Å². The number of hydrogen-bond donors (Lipinski definition) is 0. The molecule has 0 amide bonds. The van der Waals surface area contributed by atoms with Crippen LogP contribution in [0, 0.1) is 18.6 Å². The number of aromatic nitrogens is 2. The zero-order valence-corrected chi connectivity index (χ0v) is 9.92. The standard InChI is InChI=1S/C11H7BrF2N2/c1-6-4-10(12)16-11(15-6)7-2-3-8(13)9(14)5-7/h2-5H,1H3. The molecule has 1 heterocycles. The van der Waals surface area contributed by atoms with Crippen LogP contribution in [0.25, 0.3) is 11.4 Å². The van der Waals surface area contributed by atoms with E-state index in [1.165, 1.54) is 6.07 Å². The van der Waals surface area contributed by atoms with Crippen LogP contribution < -0.4 is 0 Å². The summed E-state index contributed by atoms with van der Waals surface area (Å²) in [6.07, 6.45) is 0. The Balaban J connectivity index is 2.54. The lowest BCUT2D eigenvalue weighted by Crippen LogP contribution is -1.94. The summed E-state index contributed by atoms with van der Waals surface area (Å²) >= 11 is 3.22. The van der Waals surface area contributed by atoms with Gasteiger partial charge in [0.15, 0.2) is 17.5 Å². The van der Waals surface area contributed by atoms with E-state index in [2.05, 4.69) is 25.9 Å². The molecule has 0 unspecified atom stereocenters. The fourth-order valence-electron chi connectivity index (χ4n) is 1.29. The number of nitrogens with zero attached hydrogens (tertiary/aromatic N) is 2. The lowest BCUT2D eigenvalue weighted by Gasteiger charge is -2.02. The van der Waals surface area contributed by atoms with Gasteiger partial charge in [-0.3, -0.25) is 0 Å². The van der Waals surface area contributed by atoms with Crippen molar-refractivity contribution in [2.45, 2.75) is 6.92 Å². The summed E-state index contributed by atoms with van der Waals surface area (Å²) < 4.78 is 26.4. The molecule has 0 aliphatic carbocycles. The lowest BCUT2D eigenvalue weighted by atomic mass is 10.2. The first-order chi connectivity index (χ1) is 7.56. The fourth-order valence-corrected chi connectivity index (χ4v) is 1.79. The van der Waals surface area contributed by atoms with E-state index in [1.807, 2.05) is 0 Å². The molecule has 0 aliphatic rings. The monoisotopic (exact) mass is 284 g/mol. The molecule has 0 atom stereocenters. The largest absolute Gasteiger partial charge is 0.233 e. The van der Waals surface area contributed by atoms with Gasteiger partial charge in [0.05, 0.1) is 0 Å². The summed E-state index contributed by atoms with van der Waals surface area (Å²) in [7, 11) is 0. The average Bonchev–Trinajstić information content (AvgIpc) is 2.20. The summed E-state index contributed by atoms with van der Waals surface area (Å²) in [5.74, 6) is -1.42. The van der Waals surface area contributed by atoms with Gasteiger partial charge in [-0.25, -0.2) is 18.7 Å². The Kier molecular flexibility index (Phi) is 2.96. The molecule has 1 aromatic heterocycles. The smallest absolute Gasteiger partial charge is 0.160 e. The van der Waals surface area contributed by atoms with Gasteiger partial charge in [-0.05, 0) is 47.1 Å². The van der Waals surface area contributed by atoms with Crippen LogP contribution in [0.15, 0.2) is 28.9 Å². The van der Waals surface area contributed by atoms with Crippen LogP contribution in [0.3, 0.4) is 0 Å². The van der Waals surface area contributed by atoms with E-state index >= 15 is 0 Å². The first-order valence-electron chi connectivity index (χ1n) is 4.53. The predicted molar refractivity (Wildman–Crippen MR) is 59.8 cm³/mol. The average molecular weight is 285 g/mol. The van der Waals surface area contributed by atoms with Gasteiger partial charge in [-0.1, -0.05) is 0 Å². The first-order valence-corrected chi connectivity index (χ1v) is 5.32. The third-order valence-electron chi connectivity index (χ3n) is 2.00. The van der Waals surface area contributed by atoms with Crippen LogP contribution in [0.5, 0.6) is 0 Å². The van der Waals surface area contributed by atoms with Crippen LogP contribution in [0.1, 0.15) is 5.69 Å². The molecule has 0 saturated carbocycles. The molecule has 0 radical (unpaired) electrons. The second kappa shape index (κ2) is 4.25. The van der Waals surface area contributed by atoms with Crippen LogP contribution >= 0.6 is 15.9 Å². The maximum atomic E-state index is 13.0. The first kappa shape index (κ1) is 11.1. The topological polar surface area (TPSA) is 25.8 Å². The molecule has 82 valence electrons. The maximum absolute atomic E-state index is 13.0. The molecule has 0 N–H and O–H groups in total. The van der Waals surface area contributed by atoms with E-state index in [-0.39, 0.29) is 0 Å². The molecule has 0 saturated heterocycles. The van der Waals surface area contributed by atoms with Crippen LogP contribution in [0.4, 0.5) is 8.78 Å². The summed E-state index contributed by atoms with van der Waals surface area (Å²) in [6, 6.07) is 5.32. The minimum Gasteiger partial charge on any atom is -0.233 e. The SMILES string of the molecule is Cc1cc(Br)nc(-c2ccc(F)c(F)c2)n1. The van der Waals surface area contributed by atoms with Crippen molar-refractivity contribution in [3.8, 4) is 11.4 Å². The Morgan fingerprint density at radius 2 is 1.81 bits per heavy atom. The number of hydrogen-bond acceptors (Lipinski definition) is 2. The van der Waals surface area contributed by atoms with E-state index in [0.717, 1.165) is 17.8 Å². The summed E-state index contributed by atoms with van der Waals surface area (Å²) in [5.41, 5.74) is 1.20. The zero-order chi connectivity index (χ0) is 11.7. The van der Waals surface area contributed by atoms with E-state index in [0.29, 0.717) is 16.0 Å². The van der Waals surface area contributed by atoms with Crippen molar-refractivity contribution in [1.29, 1.82) is 0 Å². The normalized spacial score (nSPS) is 10.5. The third-order valence-corrected chi connectivity index (χ3v) is 2.41. The highest BCUT2D eigenvalue weighted by Gasteiger charge is 2.07. The number of aryl methyl sites for hydroxylation is 1. The quantitative estimate of drug-likeness (QED) is 0.749. The Morgan fingerprint density at radius 3 is 2.44 bits per heavy atom. The van der Waals surface area contributed by atoms with Gasteiger partial charge in [0.2, 0.25) is 0 Å². The predicted octanol–water partition coefficient (Wildman–Crippen LogP) is 3.49. The highest BCUT2D eigenvalue weighted by Crippen LogP contribution is 2.20. The molecule has 16 heavy (non-hydrogen) atoms.